The van der Waals surface area contributed by atoms with Gasteiger partial charge in [-0.25, -0.2) is 0 Å². The molecule has 0 radical (unpaired) electrons. The Kier molecular flexibility index (Phi) is 3.77. The van der Waals surface area contributed by atoms with Crippen molar-refractivity contribution in [3.63, 3.8) is 0 Å². The molecule has 2 nitrogen and oxygen atoms in total. The minimum absolute atomic E-state index is 0.317. The number of rotatable bonds is 2. The second-order valence-corrected chi connectivity index (χ2v) is 3.74. The average molecular weight is 173 g/mol. The molecule has 0 atom stereocenters. The summed E-state index contributed by atoms with van der Waals surface area (Å²) < 4.78 is 0. The van der Waals surface area contributed by atoms with E-state index in [4.69, 9.17) is 0 Å². The predicted octanol–water partition coefficient (Wildman–Crippen LogP) is 1.36. The summed E-state index contributed by atoms with van der Waals surface area (Å²) in [6, 6.07) is 0. The molecule has 1 aliphatic rings. The van der Waals surface area contributed by atoms with Crippen LogP contribution in [0.4, 0.5) is 0 Å². The Morgan fingerprint density at radius 3 is 2.55 bits per heavy atom. The first-order valence-electron chi connectivity index (χ1n) is 4.11. The molecule has 0 aromatic heterocycles. The monoisotopic (exact) mass is 173 g/mol. The van der Waals surface area contributed by atoms with Gasteiger partial charge in [0.1, 0.15) is 0 Å². The van der Waals surface area contributed by atoms with Gasteiger partial charge in [0.25, 0.3) is 0 Å². The van der Waals surface area contributed by atoms with Crippen molar-refractivity contribution in [3.8, 4) is 0 Å². The van der Waals surface area contributed by atoms with E-state index in [1.165, 1.54) is 19.3 Å². The highest BCUT2D eigenvalue weighted by molar-refractivity contribution is 7.99. The minimum atomic E-state index is 0.317. The number of likely N-dealkylation sites (tertiary alicyclic amines) is 1. The Balaban J connectivity index is 2.27. The third-order valence-electron chi connectivity index (χ3n) is 1.98. The van der Waals surface area contributed by atoms with Crippen molar-refractivity contribution in [1.82, 2.24) is 4.90 Å². The summed E-state index contributed by atoms with van der Waals surface area (Å²) in [7, 11) is 0. The van der Waals surface area contributed by atoms with E-state index in [2.05, 4.69) is 0 Å². The van der Waals surface area contributed by atoms with Crippen LogP contribution >= 0.6 is 11.8 Å². The molecule has 0 spiro atoms. The van der Waals surface area contributed by atoms with Gasteiger partial charge in [-0.1, -0.05) is 0 Å². The highest BCUT2D eigenvalue weighted by Gasteiger charge is 2.14. The Morgan fingerprint density at radius 1 is 1.36 bits per heavy atom. The van der Waals surface area contributed by atoms with Gasteiger partial charge in [-0.15, -0.1) is 0 Å². The smallest absolute Gasteiger partial charge is 0.232 e. The number of thioether (sulfide) groups is 1. The Hall–Kier alpha value is -0.180. The van der Waals surface area contributed by atoms with E-state index in [-0.39, 0.29) is 0 Å². The van der Waals surface area contributed by atoms with E-state index in [0.29, 0.717) is 11.7 Å². The maximum Gasteiger partial charge on any atom is 0.232 e. The summed E-state index contributed by atoms with van der Waals surface area (Å²) in [6.45, 7) is 1.97. The summed E-state index contributed by atoms with van der Waals surface area (Å²) >= 11 is 1.61. The fourth-order valence-corrected chi connectivity index (χ4v) is 1.79. The molecule has 64 valence electrons. The molecule has 0 aliphatic carbocycles. The molecule has 0 N–H and O–H groups in total. The van der Waals surface area contributed by atoms with E-state index >= 15 is 0 Å². The molecule has 0 bridgehead atoms. The summed E-state index contributed by atoms with van der Waals surface area (Å²) in [5.74, 6) is 0.970. The predicted molar refractivity (Wildman–Crippen MR) is 48.8 cm³/mol. The van der Waals surface area contributed by atoms with E-state index < -0.39 is 0 Å². The highest BCUT2D eigenvalue weighted by Crippen LogP contribution is 2.09. The Bertz CT molecular complexity index is 132. The first-order chi connectivity index (χ1) is 5.34. The van der Waals surface area contributed by atoms with Crippen LogP contribution in [0.15, 0.2) is 0 Å². The van der Waals surface area contributed by atoms with Crippen LogP contribution in [0.3, 0.4) is 0 Å². The zero-order valence-corrected chi connectivity index (χ0v) is 7.82. The summed E-state index contributed by atoms with van der Waals surface area (Å²) in [5, 5.41) is 0. The number of hydrogen-bond acceptors (Lipinski definition) is 2. The standard InChI is InChI=1S/C8H15NOS/c1-11-7-8(10)9-5-3-2-4-6-9/h2-7H2,1H3. The largest absolute Gasteiger partial charge is 0.342 e. The van der Waals surface area contributed by atoms with Crippen LogP contribution in [0.2, 0.25) is 0 Å². The van der Waals surface area contributed by atoms with Crippen molar-refractivity contribution in [2.24, 2.45) is 0 Å². The SMILES string of the molecule is CSCC(=O)N1CCCCC1. The molecule has 1 heterocycles. The molecule has 0 saturated carbocycles. The van der Waals surface area contributed by atoms with Crippen LogP contribution < -0.4 is 0 Å². The second kappa shape index (κ2) is 4.65. The molecular weight excluding hydrogens is 158 g/mol. The van der Waals surface area contributed by atoms with Gasteiger partial charge < -0.3 is 4.90 Å². The van der Waals surface area contributed by atoms with Gasteiger partial charge in [-0.3, -0.25) is 4.79 Å². The maximum atomic E-state index is 11.3. The van der Waals surface area contributed by atoms with E-state index in [1.807, 2.05) is 11.2 Å². The van der Waals surface area contributed by atoms with Gasteiger partial charge in [-0.2, -0.15) is 11.8 Å². The molecule has 3 heteroatoms. The molecule has 0 aromatic carbocycles. The van der Waals surface area contributed by atoms with Gasteiger partial charge in [-0.05, 0) is 25.5 Å². The lowest BCUT2D eigenvalue weighted by Gasteiger charge is -2.26. The minimum Gasteiger partial charge on any atom is -0.342 e. The van der Waals surface area contributed by atoms with Crippen LogP contribution in [-0.4, -0.2) is 35.9 Å². The van der Waals surface area contributed by atoms with Crippen molar-refractivity contribution in [2.75, 3.05) is 25.1 Å². The van der Waals surface area contributed by atoms with Gasteiger partial charge >= 0.3 is 0 Å². The third-order valence-corrected chi connectivity index (χ3v) is 2.51. The van der Waals surface area contributed by atoms with Crippen molar-refractivity contribution in [1.29, 1.82) is 0 Å². The highest BCUT2D eigenvalue weighted by atomic mass is 32.2. The summed E-state index contributed by atoms with van der Waals surface area (Å²) in [4.78, 5) is 13.3. The molecular formula is C8H15NOS. The van der Waals surface area contributed by atoms with E-state index in [0.717, 1.165) is 13.1 Å². The summed E-state index contributed by atoms with van der Waals surface area (Å²) in [6.07, 6.45) is 5.66. The van der Waals surface area contributed by atoms with E-state index in [9.17, 15) is 4.79 Å². The lowest BCUT2D eigenvalue weighted by Crippen LogP contribution is -2.36. The normalized spacial score (nSPS) is 18.5. The van der Waals surface area contributed by atoms with Crippen molar-refractivity contribution in [3.05, 3.63) is 0 Å². The Morgan fingerprint density at radius 2 is 2.00 bits per heavy atom. The molecule has 1 fully saturated rings. The molecule has 1 amide bonds. The first-order valence-corrected chi connectivity index (χ1v) is 5.50. The quantitative estimate of drug-likeness (QED) is 0.628. The number of carbonyl (C=O) groups excluding carboxylic acids is 1. The fraction of sp³-hybridized carbons (Fsp3) is 0.875. The van der Waals surface area contributed by atoms with Crippen molar-refractivity contribution >= 4 is 17.7 Å². The van der Waals surface area contributed by atoms with Crippen LogP contribution in [0.25, 0.3) is 0 Å². The zero-order valence-electron chi connectivity index (χ0n) is 7.01. The van der Waals surface area contributed by atoms with Gasteiger partial charge in [0.15, 0.2) is 0 Å². The first kappa shape index (κ1) is 8.91. The van der Waals surface area contributed by atoms with Gasteiger partial charge in [0.05, 0.1) is 5.75 Å². The number of amides is 1. The maximum absolute atomic E-state index is 11.3. The van der Waals surface area contributed by atoms with Gasteiger partial charge in [0, 0.05) is 13.1 Å². The Labute approximate surface area is 72.3 Å². The summed E-state index contributed by atoms with van der Waals surface area (Å²) in [5.41, 5.74) is 0. The van der Waals surface area contributed by atoms with Crippen molar-refractivity contribution in [2.45, 2.75) is 19.3 Å². The lowest BCUT2D eigenvalue weighted by molar-refractivity contribution is -0.129. The van der Waals surface area contributed by atoms with Crippen LogP contribution in [-0.2, 0) is 4.79 Å². The van der Waals surface area contributed by atoms with E-state index in [1.54, 1.807) is 11.8 Å². The molecule has 11 heavy (non-hydrogen) atoms. The number of carbonyl (C=O) groups is 1. The topological polar surface area (TPSA) is 20.3 Å². The average Bonchev–Trinajstić information content (AvgIpc) is 2.07. The molecule has 1 saturated heterocycles. The third kappa shape index (κ3) is 2.73. The molecule has 1 aliphatic heterocycles. The van der Waals surface area contributed by atoms with Crippen LogP contribution in [0.5, 0.6) is 0 Å². The molecule has 0 aromatic rings. The fourth-order valence-electron chi connectivity index (χ4n) is 1.36. The van der Waals surface area contributed by atoms with Gasteiger partial charge in [0.2, 0.25) is 5.91 Å². The molecule has 1 rings (SSSR count). The van der Waals surface area contributed by atoms with Crippen LogP contribution in [0.1, 0.15) is 19.3 Å². The molecule has 0 unspecified atom stereocenters. The number of nitrogens with zero attached hydrogens (tertiary/aromatic N) is 1. The number of piperidine rings is 1. The van der Waals surface area contributed by atoms with Crippen LogP contribution in [0, 0.1) is 0 Å². The number of hydrogen-bond donors (Lipinski definition) is 0. The second-order valence-electron chi connectivity index (χ2n) is 2.87. The zero-order chi connectivity index (χ0) is 8.10. The van der Waals surface area contributed by atoms with Crippen molar-refractivity contribution < 1.29 is 4.79 Å². The lowest BCUT2D eigenvalue weighted by atomic mass is 10.1.